The van der Waals surface area contributed by atoms with E-state index in [1.807, 2.05) is 11.6 Å². The molecule has 0 bridgehead atoms. The van der Waals surface area contributed by atoms with Crippen molar-refractivity contribution < 1.29 is 23.0 Å². The molecule has 1 saturated carbocycles. The molecule has 0 aliphatic heterocycles. The number of pyridine rings is 1. The van der Waals surface area contributed by atoms with Crippen LogP contribution >= 0.6 is 0 Å². The zero-order chi connectivity index (χ0) is 18.7. The van der Waals surface area contributed by atoms with E-state index in [1.165, 1.54) is 0 Å². The number of ether oxygens (including phenoxy) is 1. The summed E-state index contributed by atoms with van der Waals surface area (Å²) in [6.45, 7) is 0.207. The molecule has 1 N–H and O–H groups in total. The molecule has 9 heteroatoms. The first kappa shape index (κ1) is 18.6. The summed E-state index contributed by atoms with van der Waals surface area (Å²) in [5, 5.41) is 17.6. The molecule has 0 spiro atoms. The first-order valence-corrected chi connectivity index (χ1v) is 8.53. The van der Waals surface area contributed by atoms with Crippen LogP contribution in [0, 0.1) is 5.92 Å². The highest BCUT2D eigenvalue weighted by molar-refractivity contribution is 5.23. The zero-order valence-electron chi connectivity index (χ0n) is 14.4. The Labute approximate surface area is 149 Å². The molecule has 0 unspecified atom stereocenters. The van der Waals surface area contributed by atoms with Crippen LogP contribution in [0.25, 0.3) is 0 Å². The van der Waals surface area contributed by atoms with Crippen molar-refractivity contribution in [2.75, 3.05) is 6.61 Å². The van der Waals surface area contributed by atoms with Crippen LogP contribution in [-0.2, 0) is 19.8 Å². The summed E-state index contributed by atoms with van der Waals surface area (Å²) in [6.07, 6.45) is 0.411. The summed E-state index contributed by atoms with van der Waals surface area (Å²) in [5.74, 6) is 1.90. The van der Waals surface area contributed by atoms with Crippen molar-refractivity contribution in [1.29, 1.82) is 0 Å². The number of aliphatic hydroxyl groups is 1. The summed E-state index contributed by atoms with van der Waals surface area (Å²) < 4.78 is 45.4. The Morgan fingerprint density at radius 2 is 1.96 bits per heavy atom. The minimum absolute atomic E-state index is 0.0101. The van der Waals surface area contributed by atoms with Crippen molar-refractivity contribution in [3.8, 4) is 5.88 Å². The van der Waals surface area contributed by atoms with E-state index in [0.29, 0.717) is 11.7 Å². The molecule has 0 aromatic carbocycles. The fourth-order valence-corrected chi connectivity index (χ4v) is 3.26. The first-order valence-electron chi connectivity index (χ1n) is 8.53. The van der Waals surface area contributed by atoms with E-state index >= 15 is 0 Å². The molecule has 0 amide bonds. The van der Waals surface area contributed by atoms with Gasteiger partial charge in [-0.3, -0.25) is 0 Å². The van der Waals surface area contributed by atoms with Crippen LogP contribution in [0.5, 0.6) is 5.88 Å². The normalized spacial score (nSPS) is 21.0. The minimum Gasteiger partial charge on any atom is -0.469 e. The fourth-order valence-electron chi connectivity index (χ4n) is 3.26. The minimum atomic E-state index is -4.44. The third-order valence-corrected chi connectivity index (χ3v) is 4.88. The summed E-state index contributed by atoms with van der Waals surface area (Å²) in [5.41, 5.74) is -0.804. The number of nitrogens with zero attached hydrogens (tertiary/aromatic N) is 4. The van der Waals surface area contributed by atoms with Gasteiger partial charge in [-0.1, -0.05) is 0 Å². The second-order valence-corrected chi connectivity index (χ2v) is 6.60. The largest absolute Gasteiger partial charge is 0.469 e. The molecule has 142 valence electrons. The molecule has 26 heavy (non-hydrogen) atoms. The van der Waals surface area contributed by atoms with Crippen molar-refractivity contribution in [2.45, 2.75) is 44.4 Å². The molecule has 1 aliphatic carbocycles. The highest BCUT2D eigenvalue weighted by atomic mass is 19.4. The van der Waals surface area contributed by atoms with Gasteiger partial charge in [-0.05, 0) is 37.7 Å². The third kappa shape index (κ3) is 4.14. The molecule has 3 rings (SSSR count). The van der Waals surface area contributed by atoms with Crippen molar-refractivity contribution in [3.05, 3.63) is 35.5 Å². The van der Waals surface area contributed by atoms with Crippen LogP contribution in [0.1, 0.15) is 48.8 Å². The number of aromatic nitrogens is 4. The van der Waals surface area contributed by atoms with Crippen LogP contribution in [0.15, 0.2) is 18.3 Å². The summed E-state index contributed by atoms with van der Waals surface area (Å²) in [7, 11) is 1.83. The number of hydrogen-bond donors (Lipinski definition) is 1. The molecular formula is C17H21F3N4O2. The molecule has 6 nitrogen and oxygen atoms in total. The first-order chi connectivity index (χ1) is 12.4. The van der Waals surface area contributed by atoms with Crippen molar-refractivity contribution >= 4 is 0 Å². The highest BCUT2D eigenvalue weighted by Crippen LogP contribution is 2.35. The van der Waals surface area contributed by atoms with E-state index in [0.717, 1.165) is 49.8 Å². The van der Waals surface area contributed by atoms with Crippen molar-refractivity contribution in [1.82, 2.24) is 19.7 Å². The quantitative estimate of drug-likeness (QED) is 0.876. The molecule has 0 atom stereocenters. The second kappa shape index (κ2) is 7.61. The molecule has 2 heterocycles. The Balaban J connectivity index is 1.64. The fraction of sp³-hybridized carbons (Fsp3) is 0.588. The van der Waals surface area contributed by atoms with Crippen LogP contribution in [0.4, 0.5) is 13.2 Å². The van der Waals surface area contributed by atoms with E-state index in [-0.39, 0.29) is 25.0 Å². The molecule has 2 aromatic heterocycles. The van der Waals surface area contributed by atoms with E-state index in [9.17, 15) is 18.3 Å². The van der Waals surface area contributed by atoms with Gasteiger partial charge in [0, 0.05) is 31.8 Å². The SMILES string of the molecule is Cn1c(COc2cc(C(F)(F)F)ccn2)nnc1C1CCC(CO)CC1. The predicted octanol–water partition coefficient (Wildman–Crippen LogP) is 3.07. The van der Waals surface area contributed by atoms with Gasteiger partial charge in [-0.2, -0.15) is 13.2 Å². The van der Waals surface area contributed by atoms with E-state index in [4.69, 9.17) is 4.74 Å². The van der Waals surface area contributed by atoms with Gasteiger partial charge < -0.3 is 14.4 Å². The van der Waals surface area contributed by atoms with Crippen molar-refractivity contribution in [2.24, 2.45) is 13.0 Å². The van der Waals surface area contributed by atoms with Gasteiger partial charge >= 0.3 is 6.18 Å². The molecule has 0 saturated heterocycles. The standard InChI is InChI=1S/C17H21F3N4O2/c1-24-14(10-26-15-8-13(6-7-21-15)17(18,19)20)22-23-16(24)12-4-2-11(9-25)3-5-12/h6-8,11-12,25H,2-5,9-10H2,1H3. The van der Waals surface area contributed by atoms with Gasteiger partial charge in [0.25, 0.3) is 0 Å². The van der Waals surface area contributed by atoms with E-state index in [2.05, 4.69) is 15.2 Å². The average Bonchev–Trinajstić information content (AvgIpc) is 3.00. The lowest BCUT2D eigenvalue weighted by Crippen LogP contribution is -2.18. The van der Waals surface area contributed by atoms with Crippen LogP contribution < -0.4 is 4.74 Å². The molecule has 0 radical (unpaired) electrons. The van der Waals surface area contributed by atoms with Crippen LogP contribution in [0.3, 0.4) is 0 Å². The smallest absolute Gasteiger partial charge is 0.416 e. The predicted molar refractivity (Wildman–Crippen MR) is 86.4 cm³/mol. The Bertz CT molecular complexity index is 740. The lowest BCUT2D eigenvalue weighted by atomic mass is 9.82. The number of alkyl halides is 3. The average molecular weight is 370 g/mol. The molecule has 1 aliphatic rings. The molecule has 2 aromatic rings. The monoisotopic (exact) mass is 370 g/mol. The topological polar surface area (TPSA) is 73.1 Å². The number of rotatable bonds is 5. The second-order valence-electron chi connectivity index (χ2n) is 6.60. The maximum Gasteiger partial charge on any atom is 0.416 e. The Kier molecular flexibility index (Phi) is 5.45. The maximum atomic E-state index is 12.7. The molecular weight excluding hydrogens is 349 g/mol. The number of aliphatic hydroxyl groups excluding tert-OH is 1. The van der Waals surface area contributed by atoms with Gasteiger partial charge in [-0.15, -0.1) is 10.2 Å². The lowest BCUT2D eigenvalue weighted by molar-refractivity contribution is -0.137. The number of halogens is 3. The van der Waals surface area contributed by atoms with Crippen LogP contribution in [-0.4, -0.2) is 31.5 Å². The highest BCUT2D eigenvalue weighted by Gasteiger charge is 2.31. The van der Waals surface area contributed by atoms with E-state index in [1.54, 1.807) is 0 Å². The van der Waals surface area contributed by atoms with E-state index < -0.39 is 11.7 Å². The summed E-state index contributed by atoms with van der Waals surface area (Å²) in [6, 6.07) is 1.77. The Hall–Kier alpha value is -2.16. The van der Waals surface area contributed by atoms with Crippen LogP contribution in [0.2, 0.25) is 0 Å². The Morgan fingerprint density at radius 3 is 2.62 bits per heavy atom. The van der Waals surface area contributed by atoms with Gasteiger partial charge in [0.15, 0.2) is 5.82 Å². The maximum absolute atomic E-state index is 12.7. The van der Waals surface area contributed by atoms with Gasteiger partial charge in [0.2, 0.25) is 5.88 Å². The Morgan fingerprint density at radius 1 is 1.23 bits per heavy atom. The van der Waals surface area contributed by atoms with Crippen molar-refractivity contribution in [3.63, 3.8) is 0 Å². The molecule has 1 fully saturated rings. The number of hydrogen-bond acceptors (Lipinski definition) is 5. The summed E-state index contributed by atoms with van der Waals surface area (Å²) in [4.78, 5) is 3.81. The van der Waals surface area contributed by atoms with Gasteiger partial charge in [0.05, 0.1) is 5.56 Å². The lowest BCUT2D eigenvalue weighted by Gasteiger charge is -2.26. The van der Waals surface area contributed by atoms with Gasteiger partial charge in [-0.25, -0.2) is 4.98 Å². The van der Waals surface area contributed by atoms with Gasteiger partial charge in [0.1, 0.15) is 12.4 Å². The zero-order valence-corrected chi connectivity index (χ0v) is 14.4. The third-order valence-electron chi connectivity index (χ3n) is 4.88. The summed E-state index contributed by atoms with van der Waals surface area (Å²) >= 11 is 0.